The fourth-order valence-corrected chi connectivity index (χ4v) is 2.07. The number of nitrogens with zero attached hydrogens (tertiary/aromatic N) is 1. The average molecular weight is 191 g/mol. The molecule has 0 unspecified atom stereocenters. The van der Waals surface area contributed by atoms with Gasteiger partial charge in [0.25, 0.3) is 0 Å². The average Bonchev–Trinajstić information content (AvgIpc) is 2.20. The maximum atomic E-state index is 2.42. The summed E-state index contributed by atoms with van der Waals surface area (Å²) in [6.45, 7) is 2.50. The molecule has 1 aromatic carbocycles. The molecule has 78 valence electrons. The van der Waals surface area contributed by atoms with E-state index >= 15 is 0 Å². The van der Waals surface area contributed by atoms with Crippen LogP contribution in [-0.4, -0.2) is 25.0 Å². The summed E-state index contributed by atoms with van der Waals surface area (Å²) in [5, 5.41) is 0. The summed E-state index contributed by atoms with van der Waals surface area (Å²) in [6, 6.07) is 10.9. The van der Waals surface area contributed by atoms with E-state index in [1.54, 1.807) is 0 Å². The lowest BCUT2D eigenvalue weighted by molar-refractivity contribution is 0.255. The minimum atomic E-state index is 0. The van der Waals surface area contributed by atoms with E-state index in [9.17, 15) is 0 Å². The standard InChI is InChI=1S/C12H17N.CH4/c1-13-9-7-12(8-10-13)11-5-3-2-4-6-11;/h2-6,12H,7-10H2,1H3;1H4. The molecule has 14 heavy (non-hydrogen) atoms. The second kappa shape index (κ2) is 5.16. The number of likely N-dealkylation sites (tertiary alicyclic amines) is 1. The first-order valence-electron chi connectivity index (χ1n) is 5.10. The van der Waals surface area contributed by atoms with Crippen LogP contribution in [0.3, 0.4) is 0 Å². The van der Waals surface area contributed by atoms with Crippen LogP contribution >= 0.6 is 0 Å². The van der Waals surface area contributed by atoms with E-state index in [1.165, 1.54) is 31.5 Å². The van der Waals surface area contributed by atoms with Crippen molar-refractivity contribution in [3.05, 3.63) is 35.9 Å². The van der Waals surface area contributed by atoms with Crippen molar-refractivity contribution in [1.29, 1.82) is 0 Å². The minimum Gasteiger partial charge on any atom is -0.306 e. The van der Waals surface area contributed by atoms with E-state index in [4.69, 9.17) is 0 Å². The summed E-state index contributed by atoms with van der Waals surface area (Å²) >= 11 is 0. The molecule has 1 saturated heterocycles. The summed E-state index contributed by atoms with van der Waals surface area (Å²) < 4.78 is 0. The molecule has 0 aliphatic carbocycles. The highest BCUT2D eigenvalue weighted by molar-refractivity contribution is 5.19. The molecule has 0 radical (unpaired) electrons. The van der Waals surface area contributed by atoms with Gasteiger partial charge in [0.1, 0.15) is 0 Å². The van der Waals surface area contributed by atoms with Gasteiger partial charge >= 0.3 is 0 Å². The summed E-state index contributed by atoms with van der Waals surface area (Å²) in [5.74, 6) is 0.803. The van der Waals surface area contributed by atoms with E-state index < -0.39 is 0 Å². The van der Waals surface area contributed by atoms with Crippen LogP contribution in [0.5, 0.6) is 0 Å². The van der Waals surface area contributed by atoms with Crippen molar-refractivity contribution in [3.8, 4) is 0 Å². The Kier molecular flexibility index (Phi) is 4.15. The summed E-state index contributed by atoms with van der Waals surface area (Å²) in [5.41, 5.74) is 1.52. The van der Waals surface area contributed by atoms with E-state index in [-0.39, 0.29) is 7.43 Å². The first-order valence-corrected chi connectivity index (χ1v) is 5.10. The molecule has 0 saturated carbocycles. The van der Waals surface area contributed by atoms with Crippen LogP contribution in [0.2, 0.25) is 0 Å². The van der Waals surface area contributed by atoms with Gasteiger partial charge in [-0.2, -0.15) is 0 Å². The molecule has 2 rings (SSSR count). The predicted octanol–water partition coefficient (Wildman–Crippen LogP) is 3.13. The number of piperidine rings is 1. The van der Waals surface area contributed by atoms with Gasteiger partial charge in [0.05, 0.1) is 0 Å². The zero-order chi connectivity index (χ0) is 9.10. The first kappa shape index (κ1) is 11.3. The highest BCUT2D eigenvalue weighted by Gasteiger charge is 2.17. The Bertz CT molecular complexity index is 247. The van der Waals surface area contributed by atoms with Gasteiger partial charge in [-0.1, -0.05) is 37.8 Å². The van der Waals surface area contributed by atoms with Gasteiger partial charge in [-0.25, -0.2) is 0 Å². The number of hydrogen-bond donors (Lipinski definition) is 0. The van der Waals surface area contributed by atoms with Crippen LogP contribution in [0.1, 0.15) is 31.7 Å². The van der Waals surface area contributed by atoms with Gasteiger partial charge < -0.3 is 4.90 Å². The normalized spacial score (nSPS) is 18.9. The van der Waals surface area contributed by atoms with Gasteiger partial charge in [-0.15, -0.1) is 0 Å². The number of benzene rings is 1. The highest BCUT2D eigenvalue weighted by atomic mass is 15.1. The third kappa shape index (κ3) is 2.58. The summed E-state index contributed by atoms with van der Waals surface area (Å²) in [6.07, 6.45) is 2.64. The van der Waals surface area contributed by atoms with Crippen LogP contribution in [0, 0.1) is 0 Å². The molecule has 1 aliphatic rings. The van der Waals surface area contributed by atoms with Gasteiger partial charge in [0, 0.05) is 0 Å². The van der Waals surface area contributed by atoms with Crippen molar-refractivity contribution in [2.45, 2.75) is 26.2 Å². The second-order valence-electron chi connectivity index (χ2n) is 3.99. The molecule has 0 N–H and O–H groups in total. The monoisotopic (exact) mass is 191 g/mol. The molecule has 1 heterocycles. The molecule has 1 heteroatoms. The quantitative estimate of drug-likeness (QED) is 0.659. The first-order chi connectivity index (χ1) is 6.36. The van der Waals surface area contributed by atoms with Gasteiger partial charge in [0.15, 0.2) is 0 Å². The minimum absolute atomic E-state index is 0. The molecule has 0 spiro atoms. The third-order valence-electron chi connectivity index (χ3n) is 2.99. The SMILES string of the molecule is C.CN1CCC(c2ccccc2)CC1. The van der Waals surface area contributed by atoms with Crippen molar-refractivity contribution < 1.29 is 0 Å². The molecular formula is C13H21N. The van der Waals surface area contributed by atoms with Crippen molar-refractivity contribution in [1.82, 2.24) is 4.90 Å². The molecule has 0 amide bonds. The Morgan fingerprint density at radius 1 is 1.07 bits per heavy atom. The Balaban J connectivity index is 0.000000980. The van der Waals surface area contributed by atoms with Gasteiger partial charge in [-0.05, 0) is 44.5 Å². The molecule has 1 fully saturated rings. The fraction of sp³-hybridized carbons (Fsp3) is 0.538. The van der Waals surface area contributed by atoms with Crippen molar-refractivity contribution in [2.75, 3.05) is 20.1 Å². The lowest BCUT2D eigenvalue weighted by Gasteiger charge is -2.29. The third-order valence-corrected chi connectivity index (χ3v) is 2.99. The molecule has 0 aromatic heterocycles. The zero-order valence-corrected chi connectivity index (χ0v) is 8.24. The van der Waals surface area contributed by atoms with Crippen molar-refractivity contribution in [2.24, 2.45) is 0 Å². The Morgan fingerprint density at radius 2 is 1.64 bits per heavy atom. The Labute approximate surface area is 87.7 Å². The topological polar surface area (TPSA) is 3.24 Å². The maximum absolute atomic E-state index is 2.42. The number of rotatable bonds is 1. The Morgan fingerprint density at radius 3 is 2.21 bits per heavy atom. The van der Waals surface area contributed by atoms with Crippen LogP contribution in [0.4, 0.5) is 0 Å². The van der Waals surface area contributed by atoms with Crippen molar-refractivity contribution in [3.63, 3.8) is 0 Å². The van der Waals surface area contributed by atoms with Crippen LogP contribution in [0.15, 0.2) is 30.3 Å². The fourth-order valence-electron chi connectivity index (χ4n) is 2.07. The lowest BCUT2D eigenvalue weighted by Crippen LogP contribution is -2.29. The molecule has 0 atom stereocenters. The molecule has 1 nitrogen and oxygen atoms in total. The second-order valence-corrected chi connectivity index (χ2v) is 3.99. The Hall–Kier alpha value is -0.820. The molecule has 1 aromatic rings. The predicted molar refractivity (Wildman–Crippen MR) is 62.6 cm³/mol. The zero-order valence-electron chi connectivity index (χ0n) is 8.24. The van der Waals surface area contributed by atoms with E-state index in [0.717, 1.165) is 5.92 Å². The molecule has 1 aliphatic heterocycles. The van der Waals surface area contributed by atoms with Crippen LogP contribution in [0.25, 0.3) is 0 Å². The van der Waals surface area contributed by atoms with Crippen molar-refractivity contribution >= 4 is 0 Å². The van der Waals surface area contributed by atoms with E-state index in [0.29, 0.717) is 0 Å². The summed E-state index contributed by atoms with van der Waals surface area (Å²) in [4.78, 5) is 2.42. The van der Waals surface area contributed by atoms with Crippen LogP contribution in [-0.2, 0) is 0 Å². The van der Waals surface area contributed by atoms with E-state index in [1.807, 2.05) is 0 Å². The summed E-state index contributed by atoms with van der Waals surface area (Å²) in [7, 11) is 2.21. The lowest BCUT2D eigenvalue weighted by atomic mass is 9.90. The van der Waals surface area contributed by atoms with Crippen LogP contribution < -0.4 is 0 Å². The molecular weight excluding hydrogens is 170 g/mol. The van der Waals surface area contributed by atoms with E-state index in [2.05, 4.69) is 42.3 Å². The largest absolute Gasteiger partial charge is 0.306 e. The van der Waals surface area contributed by atoms with Gasteiger partial charge in [0.2, 0.25) is 0 Å². The maximum Gasteiger partial charge on any atom is -0.00159 e. The highest BCUT2D eigenvalue weighted by Crippen LogP contribution is 2.26. The number of hydrogen-bond acceptors (Lipinski definition) is 1. The molecule has 0 bridgehead atoms. The smallest absolute Gasteiger partial charge is 0.00159 e. The van der Waals surface area contributed by atoms with Gasteiger partial charge in [-0.3, -0.25) is 0 Å².